The van der Waals surface area contributed by atoms with Gasteiger partial charge in [0.25, 0.3) is 5.91 Å². The summed E-state index contributed by atoms with van der Waals surface area (Å²) in [6.07, 6.45) is 0.982. The number of carbonyl (C=O) groups is 3. The molecular weight excluding hydrogens is 428 g/mol. The van der Waals surface area contributed by atoms with Crippen molar-refractivity contribution in [3.63, 3.8) is 0 Å². The fourth-order valence-electron chi connectivity index (χ4n) is 2.95. The highest BCUT2D eigenvalue weighted by molar-refractivity contribution is 7.90. The summed E-state index contributed by atoms with van der Waals surface area (Å²) >= 11 is 0. The number of rotatable bonds is 8. The molecule has 0 aromatic heterocycles. The van der Waals surface area contributed by atoms with Crippen molar-refractivity contribution in [2.24, 2.45) is 0 Å². The van der Waals surface area contributed by atoms with E-state index in [4.69, 9.17) is 4.74 Å². The zero-order valence-electron chi connectivity index (χ0n) is 17.0. The van der Waals surface area contributed by atoms with Crippen LogP contribution in [0.25, 0.3) is 0 Å². The van der Waals surface area contributed by atoms with Gasteiger partial charge in [-0.1, -0.05) is 12.1 Å². The van der Waals surface area contributed by atoms with Crippen LogP contribution in [0.15, 0.2) is 36.4 Å². The quantitative estimate of drug-likeness (QED) is 0.472. The molecule has 2 aromatic carbocycles. The number of methoxy groups -OCH3 is 1. The molecule has 0 unspecified atom stereocenters. The van der Waals surface area contributed by atoms with E-state index in [9.17, 15) is 33.0 Å². The first-order valence-corrected chi connectivity index (χ1v) is 11.0. The molecular formula is C20H22N2O8S. The Labute approximate surface area is 178 Å². The fourth-order valence-corrected chi connectivity index (χ4v) is 3.83. The number of hydrogen-bond acceptors (Lipinski definition) is 7. The first kappa shape index (κ1) is 23.7. The van der Waals surface area contributed by atoms with E-state index < -0.39 is 45.0 Å². The Morgan fingerprint density at radius 1 is 1.16 bits per heavy atom. The van der Waals surface area contributed by atoms with Crippen LogP contribution >= 0.6 is 0 Å². The zero-order valence-corrected chi connectivity index (χ0v) is 17.8. The van der Waals surface area contributed by atoms with Crippen molar-refractivity contribution in [3.8, 4) is 11.5 Å². The van der Waals surface area contributed by atoms with Gasteiger partial charge in [-0.3, -0.25) is 9.59 Å². The van der Waals surface area contributed by atoms with E-state index in [1.807, 2.05) is 0 Å². The summed E-state index contributed by atoms with van der Waals surface area (Å²) in [6.45, 7) is 1.19. The van der Waals surface area contributed by atoms with Gasteiger partial charge in [0.05, 0.1) is 35.7 Å². The lowest BCUT2D eigenvalue weighted by Gasteiger charge is -2.20. The summed E-state index contributed by atoms with van der Waals surface area (Å²) < 4.78 is 28.8. The Kier molecular flexibility index (Phi) is 7.24. The first-order chi connectivity index (χ1) is 14.4. The van der Waals surface area contributed by atoms with Gasteiger partial charge in [-0.2, -0.15) is 0 Å². The third-order valence-electron chi connectivity index (χ3n) is 4.21. The van der Waals surface area contributed by atoms with Crippen LogP contribution in [0.4, 0.5) is 5.69 Å². The van der Waals surface area contributed by atoms with E-state index >= 15 is 0 Å². The number of amides is 2. The van der Waals surface area contributed by atoms with E-state index in [0.29, 0.717) is 0 Å². The number of anilines is 1. The van der Waals surface area contributed by atoms with Gasteiger partial charge in [-0.05, 0) is 29.8 Å². The maximum Gasteiger partial charge on any atom is 0.338 e. The van der Waals surface area contributed by atoms with E-state index in [1.54, 1.807) is 0 Å². The van der Waals surface area contributed by atoms with Crippen LogP contribution in [0.3, 0.4) is 0 Å². The predicted octanol–water partition coefficient (Wildman–Crippen LogP) is 1.57. The monoisotopic (exact) mass is 450 g/mol. The van der Waals surface area contributed by atoms with Crippen LogP contribution < -0.4 is 15.4 Å². The Morgan fingerprint density at radius 2 is 1.84 bits per heavy atom. The number of carbonyl (C=O) groups excluding carboxylic acids is 2. The Morgan fingerprint density at radius 3 is 2.35 bits per heavy atom. The van der Waals surface area contributed by atoms with Gasteiger partial charge in [0.2, 0.25) is 5.91 Å². The zero-order chi connectivity index (χ0) is 23.3. The highest BCUT2D eigenvalue weighted by Gasteiger charge is 2.26. The molecule has 2 aromatic rings. The maximum atomic E-state index is 12.9. The summed E-state index contributed by atoms with van der Waals surface area (Å²) in [7, 11) is -2.23. The molecule has 1 atom stereocenters. The summed E-state index contributed by atoms with van der Waals surface area (Å²) in [4.78, 5) is 36.0. The number of phenols is 1. The van der Waals surface area contributed by atoms with Crippen LogP contribution in [0.2, 0.25) is 0 Å². The van der Waals surface area contributed by atoms with E-state index in [0.717, 1.165) is 6.26 Å². The highest BCUT2D eigenvalue weighted by Crippen LogP contribution is 2.30. The molecule has 11 heteroatoms. The molecule has 31 heavy (non-hydrogen) atoms. The molecule has 4 N–H and O–H groups in total. The predicted molar refractivity (Wildman–Crippen MR) is 112 cm³/mol. The second kappa shape index (κ2) is 9.47. The van der Waals surface area contributed by atoms with Gasteiger partial charge in [0.15, 0.2) is 11.5 Å². The molecule has 0 aliphatic heterocycles. The minimum atomic E-state index is -3.58. The van der Waals surface area contributed by atoms with Crippen molar-refractivity contribution in [2.75, 3.05) is 24.4 Å². The summed E-state index contributed by atoms with van der Waals surface area (Å²) in [5.41, 5.74) is -0.512. The van der Waals surface area contributed by atoms with Crippen LogP contribution in [-0.2, 0) is 14.6 Å². The number of sulfone groups is 1. The van der Waals surface area contributed by atoms with Crippen LogP contribution in [0.1, 0.15) is 39.2 Å². The molecule has 0 aliphatic carbocycles. The van der Waals surface area contributed by atoms with Crippen molar-refractivity contribution in [1.82, 2.24) is 5.32 Å². The first-order valence-electron chi connectivity index (χ1n) is 8.92. The lowest BCUT2D eigenvalue weighted by molar-refractivity contribution is -0.114. The third kappa shape index (κ3) is 6.19. The maximum absolute atomic E-state index is 12.9. The molecule has 2 amide bonds. The molecule has 0 fully saturated rings. The minimum absolute atomic E-state index is 0.0746. The van der Waals surface area contributed by atoms with Crippen molar-refractivity contribution in [2.45, 2.75) is 13.0 Å². The van der Waals surface area contributed by atoms with Gasteiger partial charge >= 0.3 is 5.97 Å². The molecule has 0 saturated heterocycles. The third-order valence-corrected chi connectivity index (χ3v) is 5.15. The minimum Gasteiger partial charge on any atom is -0.504 e. The number of aromatic hydroxyl groups is 1. The number of phenolic OH excluding ortho intramolecular Hbond substituents is 1. The number of carboxylic acids is 1. The molecule has 0 heterocycles. The average Bonchev–Trinajstić information content (AvgIpc) is 2.65. The molecule has 0 spiro atoms. The van der Waals surface area contributed by atoms with Gasteiger partial charge in [0.1, 0.15) is 9.84 Å². The van der Waals surface area contributed by atoms with Crippen LogP contribution in [-0.4, -0.2) is 55.5 Å². The number of benzene rings is 2. The second-order valence-electron chi connectivity index (χ2n) is 6.76. The lowest BCUT2D eigenvalue weighted by atomic mass is 10.0. The number of nitrogens with one attached hydrogen (secondary N) is 2. The molecule has 0 aliphatic rings. The normalized spacial score (nSPS) is 12.0. The number of aromatic carboxylic acids is 1. The smallest absolute Gasteiger partial charge is 0.338 e. The average molecular weight is 450 g/mol. The standard InChI is InChI=1S/C20H22N2O8S/c1-11(23)21-14-6-4-5-13(18(14)20(26)27)19(25)22-15(10-31(3,28)29)12-7-8-17(30-2)16(24)9-12/h4-9,15,24H,10H2,1-3H3,(H,21,23)(H,22,25)(H,26,27)/t15-/m1/s1. The van der Waals surface area contributed by atoms with Gasteiger partial charge in [0, 0.05) is 13.2 Å². The number of hydrogen-bond donors (Lipinski definition) is 4. The van der Waals surface area contributed by atoms with Crippen molar-refractivity contribution < 1.29 is 37.8 Å². The van der Waals surface area contributed by atoms with E-state index in [-0.39, 0.29) is 28.3 Å². The topological polar surface area (TPSA) is 159 Å². The summed E-state index contributed by atoms with van der Waals surface area (Å²) in [5, 5.41) is 24.4. The Bertz CT molecular complexity index is 1130. The van der Waals surface area contributed by atoms with E-state index in [2.05, 4.69) is 10.6 Å². The van der Waals surface area contributed by atoms with E-state index in [1.165, 1.54) is 50.4 Å². The van der Waals surface area contributed by atoms with Crippen LogP contribution in [0.5, 0.6) is 11.5 Å². The lowest BCUT2D eigenvalue weighted by Crippen LogP contribution is -2.34. The summed E-state index contributed by atoms with van der Waals surface area (Å²) in [5.74, 6) is -3.44. The van der Waals surface area contributed by atoms with Gasteiger partial charge < -0.3 is 25.6 Å². The summed E-state index contributed by atoms with van der Waals surface area (Å²) in [6, 6.07) is 7.00. The molecule has 0 saturated carbocycles. The molecule has 10 nitrogen and oxygen atoms in total. The van der Waals surface area contributed by atoms with Gasteiger partial charge in [-0.15, -0.1) is 0 Å². The number of carboxylic acid groups (broad SMARTS) is 1. The Balaban J connectivity index is 2.48. The van der Waals surface area contributed by atoms with Gasteiger partial charge in [-0.25, -0.2) is 13.2 Å². The van der Waals surface area contributed by atoms with Crippen LogP contribution in [0, 0.1) is 0 Å². The SMILES string of the molecule is COc1ccc([C@@H](CS(C)(=O)=O)NC(=O)c2cccc(NC(C)=O)c2C(=O)O)cc1O. The van der Waals surface area contributed by atoms with Crippen molar-refractivity contribution in [3.05, 3.63) is 53.1 Å². The molecule has 0 bridgehead atoms. The molecule has 2 rings (SSSR count). The van der Waals surface area contributed by atoms with Crippen molar-refractivity contribution >= 4 is 33.3 Å². The second-order valence-corrected chi connectivity index (χ2v) is 8.95. The van der Waals surface area contributed by atoms with Crippen molar-refractivity contribution in [1.29, 1.82) is 0 Å². The highest BCUT2D eigenvalue weighted by atomic mass is 32.2. The Hall–Kier alpha value is -3.60. The largest absolute Gasteiger partial charge is 0.504 e. The molecule has 0 radical (unpaired) electrons. The molecule has 166 valence electrons. The number of ether oxygens (including phenoxy) is 1. The fraction of sp³-hybridized carbons (Fsp3) is 0.250.